The molecule has 0 aliphatic rings. The van der Waals surface area contributed by atoms with Crippen molar-refractivity contribution < 1.29 is 9.53 Å². The second-order valence-electron chi connectivity index (χ2n) is 3.25. The van der Waals surface area contributed by atoms with E-state index in [0.717, 1.165) is 10.2 Å². The number of carbonyl (C=O) groups is 1. The van der Waals surface area contributed by atoms with E-state index >= 15 is 0 Å². The molecule has 0 amide bonds. The van der Waals surface area contributed by atoms with E-state index in [1.807, 2.05) is 6.07 Å². The second-order valence-corrected chi connectivity index (χ2v) is 4.54. The number of esters is 1. The van der Waals surface area contributed by atoms with Gasteiger partial charge in [-0.15, -0.1) is 0 Å². The number of carbonyl (C=O) groups excluding carboxylic acids is 1. The van der Waals surface area contributed by atoms with E-state index in [9.17, 15) is 4.79 Å². The van der Waals surface area contributed by atoms with Crippen molar-refractivity contribution in [3.05, 3.63) is 45.9 Å². The van der Waals surface area contributed by atoms with Crippen molar-refractivity contribution in [3.8, 4) is 5.69 Å². The molecular formula is C11H8BrClN2O2. The average molecular weight is 316 g/mol. The Labute approximate surface area is 111 Å². The van der Waals surface area contributed by atoms with Gasteiger partial charge in [0, 0.05) is 15.7 Å². The summed E-state index contributed by atoms with van der Waals surface area (Å²) < 4.78 is 7.12. The van der Waals surface area contributed by atoms with Crippen molar-refractivity contribution in [1.29, 1.82) is 0 Å². The molecule has 1 heterocycles. The van der Waals surface area contributed by atoms with Crippen LogP contribution in [0.15, 0.2) is 35.2 Å². The van der Waals surface area contributed by atoms with Gasteiger partial charge in [-0.05, 0) is 34.1 Å². The molecule has 0 spiro atoms. The Morgan fingerprint density at radius 3 is 2.94 bits per heavy atom. The molecule has 0 fully saturated rings. The summed E-state index contributed by atoms with van der Waals surface area (Å²) in [5, 5.41) is 0.633. The van der Waals surface area contributed by atoms with Crippen molar-refractivity contribution in [2.24, 2.45) is 0 Å². The van der Waals surface area contributed by atoms with Gasteiger partial charge in [0.1, 0.15) is 6.33 Å². The fourth-order valence-electron chi connectivity index (χ4n) is 1.36. The molecule has 2 rings (SSSR count). The quantitative estimate of drug-likeness (QED) is 0.800. The van der Waals surface area contributed by atoms with Gasteiger partial charge < -0.3 is 9.30 Å². The van der Waals surface area contributed by atoms with Crippen LogP contribution in [0.4, 0.5) is 0 Å². The van der Waals surface area contributed by atoms with Crippen LogP contribution in [0, 0.1) is 0 Å². The maximum atomic E-state index is 11.3. The lowest BCUT2D eigenvalue weighted by Gasteiger charge is -2.04. The maximum Gasteiger partial charge on any atom is 0.358 e. The third kappa shape index (κ3) is 2.50. The van der Waals surface area contributed by atoms with E-state index in [4.69, 9.17) is 11.6 Å². The van der Waals surface area contributed by atoms with Crippen molar-refractivity contribution in [2.75, 3.05) is 7.11 Å². The molecule has 1 aromatic carbocycles. The van der Waals surface area contributed by atoms with Gasteiger partial charge in [0.05, 0.1) is 12.8 Å². The third-order valence-electron chi connectivity index (χ3n) is 2.17. The number of nitrogens with zero attached hydrogens (tertiary/aromatic N) is 2. The molecule has 0 aliphatic carbocycles. The van der Waals surface area contributed by atoms with E-state index in [-0.39, 0.29) is 5.69 Å². The molecule has 0 N–H and O–H groups in total. The summed E-state index contributed by atoms with van der Waals surface area (Å²) in [5.41, 5.74) is 1.10. The Kier molecular flexibility index (Phi) is 3.49. The molecule has 0 bridgehead atoms. The highest BCUT2D eigenvalue weighted by Crippen LogP contribution is 2.24. The van der Waals surface area contributed by atoms with Crippen molar-refractivity contribution in [1.82, 2.24) is 9.55 Å². The minimum absolute atomic E-state index is 0.259. The summed E-state index contributed by atoms with van der Waals surface area (Å²) in [6, 6.07) is 5.36. The van der Waals surface area contributed by atoms with Gasteiger partial charge in [0.2, 0.25) is 0 Å². The Bertz CT molecular complexity index is 568. The fraction of sp³-hybridized carbons (Fsp3) is 0.0909. The minimum atomic E-state index is -0.464. The predicted octanol–water partition coefficient (Wildman–Crippen LogP) is 3.07. The first-order valence-corrected chi connectivity index (χ1v) is 5.86. The lowest BCUT2D eigenvalue weighted by Crippen LogP contribution is -2.01. The number of imidazole rings is 1. The summed E-state index contributed by atoms with van der Waals surface area (Å²) in [6.07, 6.45) is 3.14. The molecule has 1 aromatic heterocycles. The number of rotatable bonds is 2. The molecule has 88 valence electrons. The molecule has 4 nitrogen and oxygen atoms in total. The molecule has 0 atom stereocenters. The largest absolute Gasteiger partial charge is 0.464 e. The second kappa shape index (κ2) is 4.89. The van der Waals surface area contributed by atoms with Crippen LogP contribution in [0.1, 0.15) is 10.5 Å². The highest BCUT2D eigenvalue weighted by Gasteiger charge is 2.11. The van der Waals surface area contributed by atoms with Crippen LogP contribution in [0.25, 0.3) is 5.69 Å². The van der Waals surface area contributed by atoms with E-state index in [0.29, 0.717) is 5.02 Å². The van der Waals surface area contributed by atoms with Gasteiger partial charge in [0.15, 0.2) is 5.69 Å². The normalized spacial score (nSPS) is 10.3. The van der Waals surface area contributed by atoms with E-state index < -0.39 is 5.97 Å². The Morgan fingerprint density at radius 1 is 1.53 bits per heavy atom. The van der Waals surface area contributed by atoms with Gasteiger partial charge in [-0.2, -0.15) is 0 Å². The number of benzene rings is 1. The number of aromatic nitrogens is 2. The van der Waals surface area contributed by atoms with Crippen LogP contribution < -0.4 is 0 Å². The lowest BCUT2D eigenvalue weighted by molar-refractivity contribution is 0.0594. The number of ether oxygens (including phenoxy) is 1. The van der Waals surface area contributed by atoms with Crippen LogP contribution in [-0.2, 0) is 4.74 Å². The first-order valence-electron chi connectivity index (χ1n) is 4.69. The number of hydrogen-bond acceptors (Lipinski definition) is 3. The van der Waals surface area contributed by atoms with Crippen LogP contribution >= 0.6 is 27.5 Å². The summed E-state index contributed by atoms with van der Waals surface area (Å²) in [4.78, 5) is 15.2. The topological polar surface area (TPSA) is 44.1 Å². The summed E-state index contributed by atoms with van der Waals surface area (Å²) >= 11 is 9.25. The van der Waals surface area contributed by atoms with Crippen molar-refractivity contribution in [2.45, 2.75) is 0 Å². The Balaban J connectivity index is 2.40. The SMILES string of the molecule is COC(=O)c1cn(-c2ccc(Cl)cc2Br)cn1. The van der Waals surface area contributed by atoms with Crippen molar-refractivity contribution >= 4 is 33.5 Å². The molecule has 2 aromatic rings. The molecule has 0 aliphatic heterocycles. The first kappa shape index (κ1) is 12.1. The number of methoxy groups -OCH3 is 1. The average Bonchev–Trinajstić information content (AvgIpc) is 2.77. The predicted molar refractivity (Wildman–Crippen MR) is 67.6 cm³/mol. The van der Waals surface area contributed by atoms with Crippen molar-refractivity contribution in [3.63, 3.8) is 0 Å². The zero-order valence-corrected chi connectivity index (χ0v) is 11.2. The highest BCUT2D eigenvalue weighted by atomic mass is 79.9. The van der Waals surface area contributed by atoms with Gasteiger partial charge in [-0.3, -0.25) is 0 Å². The number of hydrogen-bond donors (Lipinski definition) is 0. The summed E-state index contributed by atoms with van der Waals surface area (Å²) in [5.74, 6) is -0.464. The Hall–Kier alpha value is -1.33. The first-order chi connectivity index (χ1) is 8.11. The molecule has 0 saturated heterocycles. The standard InChI is InChI=1S/C11H8BrClN2O2/c1-17-11(16)9-5-15(6-14-9)10-3-2-7(13)4-8(10)12/h2-6H,1H3. The monoisotopic (exact) mass is 314 g/mol. The molecule has 0 saturated carbocycles. The lowest BCUT2D eigenvalue weighted by atomic mass is 10.3. The van der Waals surface area contributed by atoms with E-state index in [1.165, 1.54) is 7.11 Å². The van der Waals surface area contributed by atoms with Crippen LogP contribution in [0.2, 0.25) is 5.02 Å². The molecular weight excluding hydrogens is 307 g/mol. The third-order valence-corrected chi connectivity index (χ3v) is 3.04. The number of halogens is 2. The Morgan fingerprint density at radius 2 is 2.29 bits per heavy atom. The molecule has 17 heavy (non-hydrogen) atoms. The summed E-state index contributed by atoms with van der Waals surface area (Å²) in [6.45, 7) is 0. The van der Waals surface area contributed by atoms with Gasteiger partial charge in [-0.1, -0.05) is 11.6 Å². The van der Waals surface area contributed by atoms with Gasteiger partial charge >= 0.3 is 5.97 Å². The van der Waals surface area contributed by atoms with Gasteiger partial charge in [-0.25, -0.2) is 9.78 Å². The molecule has 0 radical (unpaired) electrons. The zero-order chi connectivity index (χ0) is 12.4. The van der Waals surface area contributed by atoms with Gasteiger partial charge in [0.25, 0.3) is 0 Å². The van der Waals surface area contributed by atoms with E-state index in [2.05, 4.69) is 25.7 Å². The maximum absolute atomic E-state index is 11.3. The minimum Gasteiger partial charge on any atom is -0.464 e. The smallest absolute Gasteiger partial charge is 0.358 e. The summed E-state index contributed by atoms with van der Waals surface area (Å²) in [7, 11) is 1.32. The highest BCUT2D eigenvalue weighted by molar-refractivity contribution is 9.10. The fourth-order valence-corrected chi connectivity index (χ4v) is 2.24. The zero-order valence-electron chi connectivity index (χ0n) is 8.85. The molecule has 0 unspecified atom stereocenters. The van der Waals surface area contributed by atoms with E-state index in [1.54, 1.807) is 29.2 Å². The van der Waals surface area contributed by atoms with Crippen LogP contribution in [0.3, 0.4) is 0 Å². The van der Waals surface area contributed by atoms with Crippen LogP contribution in [0.5, 0.6) is 0 Å². The van der Waals surface area contributed by atoms with Crippen LogP contribution in [-0.4, -0.2) is 22.6 Å². The molecule has 6 heteroatoms.